The Kier molecular flexibility index (Phi) is 8.90. The third-order valence-corrected chi connectivity index (χ3v) is 9.14. The van der Waals surface area contributed by atoms with Crippen LogP contribution in [0.25, 0.3) is 22.8 Å². The lowest BCUT2D eigenvalue weighted by Gasteiger charge is -2.59. The van der Waals surface area contributed by atoms with Gasteiger partial charge in [-0.1, -0.05) is 24.9 Å². The molecule has 3 heterocycles. The summed E-state index contributed by atoms with van der Waals surface area (Å²) < 4.78 is 14.4. The lowest BCUT2D eigenvalue weighted by molar-refractivity contribution is -0.0914. The molecular weight excluding hydrogens is 608 g/mol. The number of halogens is 2. The number of anilines is 1. The highest BCUT2D eigenvalue weighted by atomic mass is 79.9. The van der Waals surface area contributed by atoms with Gasteiger partial charge in [0.15, 0.2) is 5.82 Å². The van der Waals surface area contributed by atoms with Gasteiger partial charge >= 0.3 is 0 Å². The minimum Gasteiger partial charge on any atom is -0.491 e. The molecule has 0 amide bonds. The summed E-state index contributed by atoms with van der Waals surface area (Å²) >= 11 is 10.3. The molecule has 1 N–H and O–H groups in total. The first-order chi connectivity index (χ1) is 19.6. The van der Waals surface area contributed by atoms with Crippen molar-refractivity contribution in [3.63, 3.8) is 0 Å². The third kappa shape index (κ3) is 6.09. The first-order valence-electron chi connectivity index (χ1n) is 14.1. The number of nitriles is 1. The van der Waals surface area contributed by atoms with Crippen molar-refractivity contribution in [1.82, 2.24) is 19.7 Å². The smallest absolute Gasteiger partial charge is 0.163 e. The zero-order chi connectivity index (χ0) is 29.3. The molecule has 3 aromatic rings. The molecule has 0 unspecified atom stereocenters. The number of hydrogen-bond donors (Lipinski definition) is 1. The molecule has 1 aliphatic heterocycles. The van der Waals surface area contributed by atoms with Crippen molar-refractivity contribution in [3.05, 3.63) is 39.0 Å². The lowest BCUT2D eigenvalue weighted by atomic mass is 9.61. The highest BCUT2D eigenvalue weighted by Gasteiger charge is 2.53. The fourth-order valence-corrected chi connectivity index (χ4v) is 6.56. The van der Waals surface area contributed by atoms with Crippen LogP contribution in [0.5, 0.6) is 5.75 Å². The molecule has 2 fully saturated rings. The van der Waals surface area contributed by atoms with Crippen molar-refractivity contribution in [2.45, 2.75) is 65.1 Å². The van der Waals surface area contributed by atoms with Crippen LogP contribution in [0.15, 0.2) is 22.8 Å². The number of benzene rings is 1. The van der Waals surface area contributed by atoms with Gasteiger partial charge in [0.1, 0.15) is 22.8 Å². The van der Waals surface area contributed by atoms with Gasteiger partial charge in [-0.05, 0) is 67.2 Å². The van der Waals surface area contributed by atoms with Gasteiger partial charge in [0.25, 0.3) is 0 Å². The van der Waals surface area contributed by atoms with Crippen molar-refractivity contribution >= 4 is 33.3 Å². The van der Waals surface area contributed by atoms with Gasteiger partial charge in [0, 0.05) is 42.2 Å². The summed E-state index contributed by atoms with van der Waals surface area (Å²) in [4.78, 5) is 12.4. The quantitative estimate of drug-likeness (QED) is 0.253. The fourth-order valence-electron chi connectivity index (χ4n) is 5.93. The van der Waals surface area contributed by atoms with Crippen LogP contribution in [0, 0.1) is 30.6 Å². The maximum atomic E-state index is 10.2. The summed E-state index contributed by atoms with van der Waals surface area (Å²) in [6.45, 7) is 8.60. The molecule has 1 aromatic carbocycles. The van der Waals surface area contributed by atoms with Crippen LogP contribution in [-0.4, -0.2) is 63.4 Å². The maximum Gasteiger partial charge on any atom is 0.163 e. The molecule has 0 bridgehead atoms. The zero-order valence-corrected chi connectivity index (χ0v) is 26.3. The molecule has 2 aliphatic rings. The number of aliphatic hydroxyl groups excluding tert-OH is 1. The normalized spacial score (nSPS) is 16.8. The van der Waals surface area contributed by atoms with E-state index in [4.69, 9.17) is 36.3 Å². The molecule has 2 aromatic heterocycles. The van der Waals surface area contributed by atoms with Crippen molar-refractivity contribution in [2.75, 3.05) is 31.2 Å². The van der Waals surface area contributed by atoms with Gasteiger partial charge in [-0.15, -0.1) is 0 Å². The summed E-state index contributed by atoms with van der Waals surface area (Å²) in [5, 5.41) is 24.0. The molecule has 1 saturated heterocycles. The first-order valence-corrected chi connectivity index (χ1v) is 15.2. The molecule has 218 valence electrons. The number of ether oxygens (including phenoxy) is 2. The molecule has 1 aliphatic carbocycles. The largest absolute Gasteiger partial charge is 0.491 e. The van der Waals surface area contributed by atoms with Gasteiger partial charge in [-0.25, -0.2) is 9.97 Å². The van der Waals surface area contributed by atoms with E-state index in [2.05, 4.69) is 38.9 Å². The second kappa shape index (κ2) is 12.3. The van der Waals surface area contributed by atoms with E-state index in [-0.39, 0.29) is 18.1 Å². The Morgan fingerprint density at radius 2 is 2.00 bits per heavy atom. The van der Waals surface area contributed by atoms with Crippen LogP contribution < -0.4 is 9.64 Å². The molecule has 1 saturated carbocycles. The minimum absolute atomic E-state index is 0.208. The van der Waals surface area contributed by atoms with Gasteiger partial charge in [-0.3, -0.25) is 4.68 Å². The third-order valence-electron chi connectivity index (χ3n) is 8.05. The Balaban J connectivity index is 1.47. The Morgan fingerprint density at radius 1 is 1.24 bits per heavy atom. The Labute approximate surface area is 254 Å². The molecule has 11 heteroatoms. The fraction of sp³-hybridized carbons (Fsp3) is 0.533. The van der Waals surface area contributed by atoms with Crippen molar-refractivity contribution < 1.29 is 14.6 Å². The average molecular weight is 644 g/mol. The lowest BCUT2D eigenvalue weighted by Crippen LogP contribution is -2.64. The zero-order valence-electron chi connectivity index (χ0n) is 24.0. The van der Waals surface area contributed by atoms with Gasteiger partial charge in [0.05, 0.1) is 47.7 Å². The van der Waals surface area contributed by atoms with Gasteiger partial charge in [-0.2, -0.15) is 10.4 Å². The van der Waals surface area contributed by atoms with E-state index in [1.54, 1.807) is 12.1 Å². The molecule has 0 radical (unpaired) electrons. The molecule has 9 nitrogen and oxygen atoms in total. The number of hydrogen-bond acceptors (Lipinski definition) is 8. The van der Waals surface area contributed by atoms with Gasteiger partial charge in [0.2, 0.25) is 0 Å². The molecule has 41 heavy (non-hydrogen) atoms. The topological polar surface area (TPSA) is 109 Å². The summed E-state index contributed by atoms with van der Waals surface area (Å²) in [5.74, 6) is 1.99. The second-order valence-electron chi connectivity index (χ2n) is 11.3. The second-order valence-corrected chi connectivity index (χ2v) is 12.5. The summed E-state index contributed by atoms with van der Waals surface area (Å²) in [6.07, 6.45) is 3.70. The number of aliphatic hydroxyl groups is 1. The summed E-state index contributed by atoms with van der Waals surface area (Å²) in [7, 11) is 1.91. The van der Waals surface area contributed by atoms with Crippen LogP contribution in [0.2, 0.25) is 5.02 Å². The minimum atomic E-state index is -0.527. The molecular formula is C30H36BrClN6O3. The molecule has 1 spiro atoms. The highest BCUT2D eigenvalue weighted by molar-refractivity contribution is 9.10. The predicted octanol–water partition coefficient (Wildman–Crippen LogP) is 6.02. The number of rotatable bonds is 11. The van der Waals surface area contributed by atoms with Crippen molar-refractivity contribution in [3.8, 4) is 34.6 Å². The number of aryl methyl sites for hydroxylation is 1. The summed E-state index contributed by atoms with van der Waals surface area (Å²) in [5.41, 5.74) is 4.59. The van der Waals surface area contributed by atoms with Crippen LogP contribution in [-0.2, 0) is 11.8 Å². The maximum absolute atomic E-state index is 10.2. The Morgan fingerprint density at radius 3 is 2.66 bits per heavy atom. The SMILES string of the molecule is CCC[C@@H](O)COc1ccc(Cl)c(-c2nc(-c3c(C)c(Br)nn3C)c(C)c(N3CC4(CC(OCCC#N)C4)C3)n2)c1. The first kappa shape index (κ1) is 29.8. The van der Waals surface area contributed by atoms with E-state index in [1.165, 1.54) is 0 Å². The van der Waals surface area contributed by atoms with E-state index in [9.17, 15) is 5.11 Å². The van der Waals surface area contributed by atoms with Crippen molar-refractivity contribution in [1.29, 1.82) is 5.26 Å². The van der Waals surface area contributed by atoms with Crippen LogP contribution >= 0.6 is 27.5 Å². The van der Waals surface area contributed by atoms with E-state index in [1.807, 2.05) is 31.6 Å². The number of nitrogens with zero attached hydrogens (tertiary/aromatic N) is 6. The Bertz CT molecular complexity index is 1460. The van der Waals surface area contributed by atoms with Crippen LogP contribution in [0.1, 0.15) is 50.2 Å². The average Bonchev–Trinajstić information content (AvgIpc) is 3.15. The van der Waals surface area contributed by atoms with E-state index in [0.29, 0.717) is 41.6 Å². The number of aromatic nitrogens is 4. The molecule has 5 rings (SSSR count). The molecule has 1 atom stereocenters. The van der Waals surface area contributed by atoms with Crippen LogP contribution in [0.4, 0.5) is 5.82 Å². The monoisotopic (exact) mass is 642 g/mol. The van der Waals surface area contributed by atoms with E-state index < -0.39 is 6.10 Å². The van der Waals surface area contributed by atoms with Crippen molar-refractivity contribution in [2.24, 2.45) is 12.5 Å². The summed E-state index contributed by atoms with van der Waals surface area (Å²) in [6, 6.07) is 7.57. The highest BCUT2D eigenvalue weighted by Crippen LogP contribution is 2.51. The Hall–Kier alpha value is -2.71. The van der Waals surface area contributed by atoms with E-state index >= 15 is 0 Å². The standard InChI is InChI=1S/C30H36BrClN6O3/c1-5-7-20(39)15-41-21-8-9-24(32)23(12-21)28-34-25(26-19(3)27(31)36-37(26)4)18(2)29(35-28)38-16-30(17-38)13-22(14-30)40-11-6-10-33/h8-9,12,20,22,39H,5-7,11,13-17H2,1-4H3/t20-/m1/s1. The van der Waals surface area contributed by atoms with Crippen LogP contribution in [0.3, 0.4) is 0 Å². The van der Waals surface area contributed by atoms with Gasteiger partial charge < -0.3 is 19.5 Å². The van der Waals surface area contributed by atoms with E-state index in [0.717, 1.165) is 65.3 Å². The predicted molar refractivity (Wildman–Crippen MR) is 162 cm³/mol.